The van der Waals surface area contributed by atoms with Crippen LogP contribution in [-0.2, 0) is 17.8 Å². The van der Waals surface area contributed by atoms with E-state index in [0.717, 1.165) is 44.6 Å². The smallest absolute Gasteiger partial charge is 0.226 e. The predicted molar refractivity (Wildman–Crippen MR) is 110 cm³/mol. The highest BCUT2D eigenvalue weighted by Crippen LogP contribution is 2.26. The molecular formula is C23H30N2O2. The second kappa shape index (κ2) is 9.05. The third-order valence-electron chi connectivity index (χ3n) is 5.46. The lowest BCUT2D eigenvalue weighted by Crippen LogP contribution is -2.47. The first-order valence-electron chi connectivity index (χ1n) is 10.0. The number of rotatable bonds is 6. The predicted octanol–water partition coefficient (Wildman–Crippen LogP) is 4.36. The molecule has 144 valence electrons. The van der Waals surface area contributed by atoms with Crippen LogP contribution in [0.3, 0.4) is 0 Å². The molecule has 1 fully saturated rings. The van der Waals surface area contributed by atoms with Crippen molar-refractivity contribution in [2.45, 2.75) is 52.1 Å². The lowest BCUT2D eigenvalue weighted by atomic mass is 10.0. The molecule has 1 amide bonds. The van der Waals surface area contributed by atoms with Crippen molar-refractivity contribution in [3.63, 3.8) is 0 Å². The van der Waals surface area contributed by atoms with Crippen LogP contribution in [0.15, 0.2) is 48.5 Å². The van der Waals surface area contributed by atoms with Gasteiger partial charge in [-0.2, -0.15) is 0 Å². The van der Waals surface area contributed by atoms with Crippen LogP contribution in [0.5, 0.6) is 5.75 Å². The number of likely N-dealkylation sites (tertiary alicyclic amines) is 1. The highest BCUT2D eigenvalue weighted by Gasteiger charge is 2.28. The summed E-state index contributed by atoms with van der Waals surface area (Å²) in [4.78, 5) is 17.1. The number of benzene rings is 2. The van der Waals surface area contributed by atoms with Crippen molar-refractivity contribution < 1.29 is 9.90 Å². The van der Waals surface area contributed by atoms with Crippen LogP contribution in [-0.4, -0.2) is 35.0 Å². The van der Waals surface area contributed by atoms with E-state index < -0.39 is 0 Å². The van der Waals surface area contributed by atoms with Gasteiger partial charge >= 0.3 is 0 Å². The van der Waals surface area contributed by atoms with Gasteiger partial charge in [0.2, 0.25) is 5.91 Å². The molecule has 27 heavy (non-hydrogen) atoms. The third-order valence-corrected chi connectivity index (χ3v) is 5.46. The number of piperidine rings is 1. The molecule has 3 rings (SSSR count). The minimum absolute atomic E-state index is 0.205. The molecule has 0 saturated carbocycles. The van der Waals surface area contributed by atoms with Crippen molar-refractivity contribution in [1.29, 1.82) is 0 Å². The van der Waals surface area contributed by atoms with Gasteiger partial charge in [-0.15, -0.1) is 0 Å². The molecule has 0 radical (unpaired) electrons. The second-order valence-electron chi connectivity index (χ2n) is 7.31. The van der Waals surface area contributed by atoms with Gasteiger partial charge in [0.15, 0.2) is 0 Å². The fraction of sp³-hybridized carbons (Fsp3) is 0.435. The van der Waals surface area contributed by atoms with E-state index in [4.69, 9.17) is 0 Å². The van der Waals surface area contributed by atoms with Gasteiger partial charge in [-0.1, -0.05) is 38.1 Å². The quantitative estimate of drug-likeness (QED) is 0.826. The number of hydrogen-bond donors (Lipinski definition) is 1. The molecule has 0 aliphatic carbocycles. The third kappa shape index (κ3) is 4.89. The van der Waals surface area contributed by atoms with Crippen LogP contribution in [0.2, 0.25) is 0 Å². The molecule has 1 heterocycles. The Morgan fingerprint density at radius 2 is 1.59 bits per heavy atom. The zero-order chi connectivity index (χ0) is 19.2. The number of phenols is 1. The second-order valence-corrected chi connectivity index (χ2v) is 7.31. The summed E-state index contributed by atoms with van der Waals surface area (Å²) in [6, 6.07) is 16.1. The van der Waals surface area contributed by atoms with Gasteiger partial charge in [0.25, 0.3) is 0 Å². The Balaban J connectivity index is 1.65. The summed E-state index contributed by atoms with van der Waals surface area (Å²) in [5.74, 6) is 0.511. The molecular weight excluding hydrogens is 336 g/mol. The maximum absolute atomic E-state index is 12.7. The van der Waals surface area contributed by atoms with Crippen molar-refractivity contribution in [1.82, 2.24) is 4.90 Å². The highest BCUT2D eigenvalue weighted by molar-refractivity contribution is 5.93. The van der Waals surface area contributed by atoms with Crippen molar-refractivity contribution in [3.05, 3.63) is 59.7 Å². The molecule has 1 N–H and O–H groups in total. The Morgan fingerprint density at radius 1 is 1.00 bits per heavy atom. The van der Waals surface area contributed by atoms with E-state index in [-0.39, 0.29) is 11.9 Å². The van der Waals surface area contributed by atoms with Crippen LogP contribution in [0.25, 0.3) is 0 Å². The number of aryl methyl sites for hydroxylation is 1. The summed E-state index contributed by atoms with van der Waals surface area (Å²) >= 11 is 0. The van der Waals surface area contributed by atoms with Gasteiger partial charge in [0.1, 0.15) is 5.75 Å². The number of anilines is 1. The van der Waals surface area contributed by atoms with E-state index >= 15 is 0 Å². The number of phenolic OH excluding ortho intramolecular Hbond substituents is 1. The first-order chi connectivity index (χ1) is 13.1. The van der Waals surface area contributed by atoms with Crippen LogP contribution in [0.1, 0.15) is 44.2 Å². The van der Waals surface area contributed by atoms with E-state index in [9.17, 15) is 9.90 Å². The van der Waals surface area contributed by atoms with Gasteiger partial charge in [-0.05, 0) is 54.7 Å². The molecule has 1 aliphatic heterocycles. The highest BCUT2D eigenvalue weighted by atomic mass is 16.3. The number of nitrogens with zero attached hydrogens (tertiary/aromatic N) is 2. The zero-order valence-corrected chi connectivity index (χ0v) is 16.4. The van der Waals surface area contributed by atoms with Gasteiger partial charge in [-0.25, -0.2) is 0 Å². The van der Waals surface area contributed by atoms with Gasteiger partial charge in [0.05, 0.1) is 0 Å². The normalized spacial score (nSPS) is 15.6. The summed E-state index contributed by atoms with van der Waals surface area (Å²) in [6.07, 6.45) is 3.51. The van der Waals surface area contributed by atoms with Crippen LogP contribution < -0.4 is 4.90 Å². The van der Waals surface area contributed by atoms with E-state index in [0.29, 0.717) is 12.2 Å². The van der Waals surface area contributed by atoms with Crippen LogP contribution in [0.4, 0.5) is 5.69 Å². The Hall–Kier alpha value is -2.33. The standard InChI is InChI=1S/C23H30N2O2/c1-3-18-5-9-20(10-6-18)25(23(27)4-2)21-13-15-24(16-14-21)17-19-7-11-22(26)12-8-19/h5-12,21,26H,3-4,13-17H2,1-2H3. The van der Waals surface area contributed by atoms with Crippen molar-refractivity contribution in [2.75, 3.05) is 18.0 Å². The Kier molecular flexibility index (Phi) is 6.51. The van der Waals surface area contributed by atoms with Crippen LogP contribution >= 0.6 is 0 Å². The molecule has 2 aromatic rings. The van der Waals surface area contributed by atoms with Gasteiger partial charge < -0.3 is 10.0 Å². The van der Waals surface area contributed by atoms with E-state index in [1.807, 2.05) is 24.0 Å². The Labute approximate surface area is 162 Å². The Morgan fingerprint density at radius 3 is 2.15 bits per heavy atom. The topological polar surface area (TPSA) is 43.8 Å². The minimum Gasteiger partial charge on any atom is -0.508 e. The minimum atomic E-state index is 0.205. The molecule has 0 bridgehead atoms. The molecule has 0 atom stereocenters. The van der Waals surface area contributed by atoms with E-state index in [1.165, 1.54) is 11.1 Å². The summed E-state index contributed by atoms with van der Waals surface area (Å²) in [5, 5.41) is 9.42. The summed E-state index contributed by atoms with van der Waals surface area (Å²) in [6.45, 7) is 6.93. The fourth-order valence-corrected chi connectivity index (χ4v) is 3.82. The molecule has 0 aromatic heterocycles. The lowest BCUT2D eigenvalue weighted by molar-refractivity contribution is -0.119. The molecule has 0 spiro atoms. The largest absolute Gasteiger partial charge is 0.508 e. The van der Waals surface area contributed by atoms with Crippen molar-refractivity contribution in [2.24, 2.45) is 0 Å². The Bertz CT molecular complexity index is 732. The maximum Gasteiger partial charge on any atom is 0.226 e. The molecule has 1 aliphatic rings. The summed E-state index contributed by atoms with van der Waals surface area (Å²) < 4.78 is 0. The van der Waals surface area contributed by atoms with E-state index in [1.54, 1.807) is 12.1 Å². The summed E-state index contributed by atoms with van der Waals surface area (Å²) in [7, 11) is 0. The average Bonchev–Trinajstić information content (AvgIpc) is 2.71. The first-order valence-corrected chi connectivity index (χ1v) is 10.0. The maximum atomic E-state index is 12.7. The SMILES string of the molecule is CCC(=O)N(c1ccc(CC)cc1)C1CCN(Cc2ccc(O)cc2)CC1. The average molecular weight is 367 g/mol. The molecule has 4 nitrogen and oxygen atoms in total. The fourth-order valence-electron chi connectivity index (χ4n) is 3.82. The van der Waals surface area contributed by atoms with Crippen molar-refractivity contribution >= 4 is 11.6 Å². The molecule has 4 heteroatoms. The number of carbonyl (C=O) groups excluding carboxylic acids is 1. The molecule has 1 saturated heterocycles. The zero-order valence-electron chi connectivity index (χ0n) is 16.4. The van der Waals surface area contributed by atoms with Crippen LogP contribution in [0, 0.1) is 0 Å². The van der Waals surface area contributed by atoms with Crippen molar-refractivity contribution in [3.8, 4) is 5.75 Å². The molecule has 2 aromatic carbocycles. The monoisotopic (exact) mass is 366 g/mol. The number of amides is 1. The number of carbonyl (C=O) groups is 1. The number of hydrogen-bond acceptors (Lipinski definition) is 3. The summed E-state index contributed by atoms with van der Waals surface area (Å²) in [5.41, 5.74) is 3.53. The first kappa shape index (κ1) is 19.4. The number of aromatic hydroxyl groups is 1. The van der Waals surface area contributed by atoms with Gasteiger partial charge in [0, 0.05) is 37.8 Å². The van der Waals surface area contributed by atoms with E-state index in [2.05, 4.69) is 36.1 Å². The molecule has 0 unspecified atom stereocenters. The van der Waals surface area contributed by atoms with Gasteiger partial charge in [-0.3, -0.25) is 9.69 Å². The lowest BCUT2D eigenvalue weighted by Gasteiger charge is -2.38.